The molecule has 0 saturated carbocycles. The number of aromatic amines is 1. The summed E-state index contributed by atoms with van der Waals surface area (Å²) in [6.45, 7) is 3.45. The van der Waals surface area contributed by atoms with Gasteiger partial charge < -0.3 is 25.7 Å². The highest BCUT2D eigenvalue weighted by Crippen LogP contribution is 2.26. The van der Waals surface area contributed by atoms with Crippen LogP contribution in [0.3, 0.4) is 0 Å². The van der Waals surface area contributed by atoms with E-state index in [1.807, 2.05) is 18.0 Å². The summed E-state index contributed by atoms with van der Waals surface area (Å²) in [5, 5.41) is 19.0. The van der Waals surface area contributed by atoms with Crippen LogP contribution in [0.2, 0.25) is 0 Å². The summed E-state index contributed by atoms with van der Waals surface area (Å²) in [5.74, 6) is 2.68. The van der Waals surface area contributed by atoms with E-state index in [0.717, 1.165) is 47.6 Å². The Balaban J connectivity index is 1.44. The first kappa shape index (κ1) is 19.4. The molecular weight excluding hydrogens is 354 g/mol. The number of nitrogens with two attached hydrogens (primary N) is 1. The summed E-state index contributed by atoms with van der Waals surface area (Å²) in [6, 6.07) is 0. The zero-order valence-corrected chi connectivity index (χ0v) is 15.6. The molecule has 0 amide bonds. The molecule has 1 fully saturated rings. The fraction of sp³-hybridized carbons (Fsp3) is 0.647. The maximum Gasteiger partial charge on any atom is 0.151 e. The molecule has 2 aromatic heterocycles. The lowest BCUT2D eigenvalue weighted by Crippen LogP contribution is -2.21. The fourth-order valence-corrected chi connectivity index (χ4v) is 4.26. The first-order chi connectivity index (χ1) is 12.7. The van der Waals surface area contributed by atoms with Crippen molar-refractivity contribution >= 4 is 28.6 Å². The standard InChI is InChI=1S/C17H27N5O3S/c18-17-16-15(20-11-21-17)13(7-19-16)9-22-8-12(14(24)10-22)1-5-26-6-4-25-3-2-23/h7,11-12,14,19,23-24H,1-6,8-10H2,(H2,18,20,21)/t12-,14-/m0/s1. The van der Waals surface area contributed by atoms with E-state index < -0.39 is 0 Å². The molecule has 3 rings (SSSR count). The molecule has 2 aromatic rings. The lowest BCUT2D eigenvalue weighted by atomic mass is 10.0. The molecule has 1 aliphatic heterocycles. The first-order valence-electron chi connectivity index (χ1n) is 8.92. The molecule has 0 aromatic carbocycles. The molecule has 8 nitrogen and oxygen atoms in total. The Hall–Kier alpha value is -1.39. The molecule has 0 spiro atoms. The van der Waals surface area contributed by atoms with Gasteiger partial charge in [-0.3, -0.25) is 4.90 Å². The van der Waals surface area contributed by atoms with Crippen LogP contribution in [0.25, 0.3) is 11.0 Å². The average molecular weight is 382 g/mol. The second-order valence-electron chi connectivity index (χ2n) is 6.55. The van der Waals surface area contributed by atoms with Crippen LogP contribution in [0.1, 0.15) is 12.0 Å². The number of anilines is 1. The minimum absolute atomic E-state index is 0.0732. The quantitative estimate of drug-likeness (QED) is 0.438. The van der Waals surface area contributed by atoms with E-state index in [1.54, 1.807) is 0 Å². The van der Waals surface area contributed by atoms with Gasteiger partial charge >= 0.3 is 0 Å². The molecule has 2 atom stereocenters. The Morgan fingerprint density at radius 3 is 3.04 bits per heavy atom. The van der Waals surface area contributed by atoms with Crippen LogP contribution in [0.4, 0.5) is 5.82 Å². The molecule has 3 heterocycles. The van der Waals surface area contributed by atoms with Crippen molar-refractivity contribution in [1.29, 1.82) is 0 Å². The second-order valence-corrected chi connectivity index (χ2v) is 7.78. The van der Waals surface area contributed by atoms with Crippen LogP contribution < -0.4 is 5.73 Å². The van der Waals surface area contributed by atoms with Gasteiger partial charge in [0.2, 0.25) is 0 Å². The van der Waals surface area contributed by atoms with E-state index in [0.29, 0.717) is 31.5 Å². The second kappa shape index (κ2) is 9.52. The highest BCUT2D eigenvalue weighted by molar-refractivity contribution is 7.99. The summed E-state index contributed by atoms with van der Waals surface area (Å²) in [7, 11) is 0. The number of aliphatic hydroxyl groups excluding tert-OH is 2. The predicted octanol–water partition coefficient (Wildman–Crippen LogP) is 0.465. The SMILES string of the molecule is Nc1ncnc2c(CN3C[C@H](CCSCCOCCO)[C@@H](O)C3)c[nH]c12. The van der Waals surface area contributed by atoms with Crippen LogP contribution in [0, 0.1) is 5.92 Å². The van der Waals surface area contributed by atoms with Crippen molar-refractivity contribution in [2.75, 3.05) is 50.1 Å². The van der Waals surface area contributed by atoms with Crippen molar-refractivity contribution in [3.8, 4) is 0 Å². The lowest BCUT2D eigenvalue weighted by molar-refractivity contribution is 0.103. The lowest BCUT2D eigenvalue weighted by Gasteiger charge is -2.15. The van der Waals surface area contributed by atoms with E-state index in [2.05, 4.69) is 19.9 Å². The van der Waals surface area contributed by atoms with E-state index >= 15 is 0 Å². The number of ether oxygens (including phenoxy) is 1. The number of nitrogens with zero attached hydrogens (tertiary/aromatic N) is 3. The zero-order valence-electron chi connectivity index (χ0n) is 14.8. The zero-order chi connectivity index (χ0) is 18.4. The molecule has 0 bridgehead atoms. The first-order valence-corrected chi connectivity index (χ1v) is 10.1. The Kier molecular flexibility index (Phi) is 7.09. The normalized spacial score (nSPS) is 21.0. The van der Waals surface area contributed by atoms with E-state index in [-0.39, 0.29) is 12.7 Å². The van der Waals surface area contributed by atoms with Gasteiger partial charge in [-0.05, 0) is 18.1 Å². The van der Waals surface area contributed by atoms with Gasteiger partial charge in [0.05, 0.1) is 31.4 Å². The van der Waals surface area contributed by atoms with Crippen molar-refractivity contribution in [1.82, 2.24) is 19.9 Å². The Morgan fingerprint density at radius 1 is 1.31 bits per heavy atom. The topological polar surface area (TPSA) is 121 Å². The maximum atomic E-state index is 10.4. The van der Waals surface area contributed by atoms with E-state index in [4.69, 9.17) is 15.6 Å². The molecule has 0 aliphatic carbocycles. The van der Waals surface area contributed by atoms with Crippen molar-refractivity contribution < 1.29 is 14.9 Å². The van der Waals surface area contributed by atoms with Gasteiger partial charge in [-0.15, -0.1) is 0 Å². The molecule has 144 valence electrons. The summed E-state index contributed by atoms with van der Waals surface area (Å²) in [6.07, 6.45) is 4.12. The van der Waals surface area contributed by atoms with Crippen LogP contribution in [0.15, 0.2) is 12.5 Å². The fourth-order valence-electron chi connectivity index (χ4n) is 3.35. The van der Waals surface area contributed by atoms with Gasteiger partial charge in [-0.25, -0.2) is 9.97 Å². The molecular formula is C17H27N5O3S. The summed E-state index contributed by atoms with van der Waals surface area (Å²) < 4.78 is 5.24. The summed E-state index contributed by atoms with van der Waals surface area (Å²) in [5.41, 5.74) is 8.58. The summed E-state index contributed by atoms with van der Waals surface area (Å²) in [4.78, 5) is 13.7. The molecule has 26 heavy (non-hydrogen) atoms. The third-order valence-electron chi connectivity index (χ3n) is 4.69. The number of aromatic nitrogens is 3. The molecule has 0 radical (unpaired) electrons. The number of likely N-dealkylation sites (tertiary alicyclic amines) is 1. The number of nitrogens with one attached hydrogen (secondary N) is 1. The largest absolute Gasteiger partial charge is 0.394 e. The molecule has 1 aliphatic rings. The van der Waals surface area contributed by atoms with Crippen molar-refractivity contribution in [3.05, 3.63) is 18.1 Å². The van der Waals surface area contributed by atoms with Gasteiger partial charge in [0, 0.05) is 37.1 Å². The third-order valence-corrected chi connectivity index (χ3v) is 5.67. The van der Waals surface area contributed by atoms with Crippen molar-refractivity contribution in [2.45, 2.75) is 19.1 Å². The van der Waals surface area contributed by atoms with E-state index in [1.165, 1.54) is 6.33 Å². The van der Waals surface area contributed by atoms with Gasteiger partial charge in [-0.2, -0.15) is 11.8 Å². The number of rotatable bonds is 10. The smallest absolute Gasteiger partial charge is 0.151 e. The summed E-state index contributed by atoms with van der Waals surface area (Å²) >= 11 is 1.83. The van der Waals surface area contributed by atoms with E-state index in [9.17, 15) is 5.11 Å². The molecule has 0 unspecified atom stereocenters. The number of H-pyrrole nitrogens is 1. The molecule has 5 N–H and O–H groups in total. The number of hydrogen-bond donors (Lipinski definition) is 4. The number of nitrogen functional groups attached to an aromatic ring is 1. The minimum Gasteiger partial charge on any atom is -0.394 e. The Labute approximate surface area is 157 Å². The molecule has 9 heteroatoms. The highest BCUT2D eigenvalue weighted by atomic mass is 32.2. The van der Waals surface area contributed by atoms with Gasteiger partial charge in [-0.1, -0.05) is 0 Å². The minimum atomic E-state index is -0.286. The average Bonchev–Trinajstić information content (AvgIpc) is 3.19. The number of thioether (sulfide) groups is 1. The number of hydrogen-bond acceptors (Lipinski definition) is 8. The van der Waals surface area contributed by atoms with Crippen LogP contribution in [-0.4, -0.2) is 80.6 Å². The van der Waals surface area contributed by atoms with Gasteiger partial charge in [0.15, 0.2) is 5.82 Å². The van der Waals surface area contributed by atoms with Crippen molar-refractivity contribution in [2.24, 2.45) is 5.92 Å². The third kappa shape index (κ3) is 4.86. The number of β-amino-alcohol motifs (C(OH)–C–C–N with tert-alkyl or cyclic N) is 1. The predicted molar refractivity (Wildman–Crippen MR) is 103 cm³/mol. The van der Waals surface area contributed by atoms with Crippen LogP contribution in [-0.2, 0) is 11.3 Å². The Morgan fingerprint density at radius 2 is 2.19 bits per heavy atom. The van der Waals surface area contributed by atoms with Gasteiger partial charge in [0.25, 0.3) is 0 Å². The van der Waals surface area contributed by atoms with Crippen LogP contribution in [0.5, 0.6) is 0 Å². The van der Waals surface area contributed by atoms with Gasteiger partial charge in [0.1, 0.15) is 11.8 Å². The monoisotopic (exact) mass is 381 g/mol. The Bertz CT molecular complexity index is 698. The maximum absolute atomic E-state index is 10.4. The highest BCUT2D eigenvalue weighted by Gasteiger charge is 2.31. The van der Waals surface area contributed by atoms with Crippen molar-refractivity contribution in [3.63, 3.8) is 0 Å². The van der Waals surface area contributed by atoms with Crippen LogP contribution >= 0.6 is 11.8 Å². The molecule has 1 saturated heterocycles. The number of aliphatic hydroxyl groups is 2. The number of fused-ring (bicyclic) bond motifs is 1.